The maximum Gasteiger partial charge on any atom is 0.231 e. The van der Waals surface area contributed by atoms with E-state index in [1.807, 2.05) is 37.3 Å². The molecular weight excluding hydrogens is 290 g/mol. The Kier molecular flexibility index (Phi) is 3.80. The van der Waals surface area contributed by atoms with Crippen molar-refractivity contribution in [3.05, 3.63) is 46.5 Å². The first-order chi connectivity index (χ1) is 10.2. The average Bonchev–Trinajstić information content (AvgIpc) is 2.97. The summed E-state index contributed by atoms with van der Waals surface area (Å²) in [5.41, 5.74) is 2.94. The van der Waals surface area contributed by atoms with Crippen molar-refractivity contribution < 1.29 is 14.2 Å². The number of rotatable bonds is 4. The van der Waals surface area contributed by atoms with Crippen molar-refractivity contribution in [1.82, 2.24) is 0 Å². The molecule has 4 nitrogen and oxygen atoms in total. The lowest BCUT2D eigenvalue weighted by Gasteiger charge is -2.14. The van der Waals surface area contributed by atoms with Gasteiger partial charge in [0.25, 0.3) is 0 Å². The van der Waals surface area contributed by atoms with E-state index in [-0.39, 0.29) is 6.79 Å². The van der Waals surface area contributed by atoms with Crippen LogP contribution in [0.2, 0.25) is 5.02 Å². The summed E-state index contributed by atoms with van der Waals surface area (Å²) in [6.07, 6.45) is 0. The number of nitrogens with one attached hydrogen (secondary N) is 1. The van der Waals surface area contributed by atoms with Crippen molar-refractivity contribution in [3.8, 4) is 17.2 Å². The van der Waals surface area contributed by atoms with E-state index in [4.69, 9.17) is 25.8 Å². The van der Waals surface area contributed by atoms with Crippen LogP contribution in [0.15, 0.2) is 30.3 Å². The summed E-state index contributed by atoms with van der Waals surface area (Å²) in [7, 11) is 1.63. The van der Waals surface area contributed by atoms with Crippen molar-refractivity contribution in [1.29, 1.82) is 0 Å². The molecule has 1 heterocycles. The van der Waals surface area contributed by atoms with Crippen LogP contribution in [0, 0.1) is 6.92 Å². The zero-order chi connectivity index (χ0) is 14.8. The summed E-state index contributed by atoms with van der Waals surface area (Å²) in [4.78, 5) is 0. The molecule has 1 aliphatic rings. The summed E-state index contributed by atoms with van der Waals surface area (Å²) in [6.45, 7) is 2.85. The molecule has 0 amide bonds. The fraction of sp³-hybridized carbons (Fsp3) is 0.250. The molecule has 1 N–H and O–H groups in total. The Labute approximate surface area is 128 Å². The maximum absolute atomic E-state index is 6.11. The van der Waals surface area contributed by atoms with Crippen molar-refractivity contribution in [2.75, 3.05) is 19.2 Å². The third-order valence-corrected chi connectivity index (χ3v) is 3.84. The number of benzene rings is 2. The lowest BCUT2D eigenvalue weighted by molar-refractivity contribution is 0.173. The summed E-state index contributed by atoms with van der Waals surface area (Å²) in [5, 5.41) is 4.05. The third kappa shape index (κ3) is 2.72. The number of anilines is 1. The highest BCUT2D eigenvalue weighted by molar-refractivity contribution is 6.31. The molecule has 21 heavy (non-hydrogen) atoms. The highest BCUT2D eigenvalue weighted by Gasteiger charge is 2.17. The first-order valence-electron chi connectivity index (χ1n) is 6.64. The van der Waals surface area contributed by atoms with E-state index in [0.717, 1.165) is 34.1 Å². The van der Waals surface area contributed by atoms with Gasteiger partial charge < -0.3 is 19.5 Å². The second-order valence-electron chi connectivity index (χ2n) is 4.81. The molecule has 3 rings (SSSR count). The van der Waals surface area contributed by atoms with E-state index in [1.165, 1.54) is 0 Å². The van der Waals surface area contributed by atoms with Gasteiger partial charge in [-0.2, -0.15) is 0 Å². The zero-order valence-corrected chi connectivity index (χ0v) is 12.7. The fourth-order valence-electron chi connectivity index (χ4n) is 2.29. The van der Waals surface area contributed by atoms with E-state index in [9.17, 15) is 0 Å². The van der Waals surface area contributed by atoms with Gasteiger partial charge in [0.15, 0.2) is 11.5 Å². The molecular formula is C16H16ClNO3. The molecule has 1 aliphatic heterocycles. The average molecular weight is 306 g/mol. The van der Waals surface area contributed by atoms with Gasteiger partial charge in [-0.3, -0.25) is 0 Å². The molecule has 0 saturated heterocycles. The van der Waals surface area contributed by atoms with E-state index >= 15 is 0 Å². The van der Waals surface area contributed by atoms with Crippen LogP contribution in [-0.2, 0) is 6.54 Å². The molecule has 0 aliphatic carbocycles. The molecule has 0 atom stereocenters. The summed E-state index contributed by atoms with van der Waals surface area (Å²) in [5.74, 6) is 2.30. The number of hydrogen-bond donors (Lipinski definition) is 1. The number of hydrogen-bond acceptors (Lipinski definition) is 4. The predicted molar refractivity (Wildman–Crippen MR) is 82.6 cm³/mol. The van der Waals surface area contributed by atoms with E-state index in [0.29, 0.717) is 11.6 Å². The van der Waals surface area contributed by atoms with Crippen LogP contribution in [0.1, 0.15) is 11.1 Å². The number of ether oxygens (including phenoxy) is 3. The lowest BCUT2D eigenvalue weighted by Crippen LogP contribution is -2.03. The van der Waals surface area contributed by atoms with Crippen LogP contribution < -0.4 is 19.5 Å². The Bertz CT molecular complexity index is 673. The standard InChI is InChI=1S/C16H16ClNO3/c1-10-6-13(15(19-2)7-12(10)17)18-8-11-4-3-5-14-16(11)21-9-20-14/h3-7,18H,8-9H2,1-2H3. The van der Waals surface area contributed by atoms with Gasteiger partial charge in [-0.1, -0.05) is 23.7 Å². The smallest absolute Gasteiger partial charge is 0.231 e. The topological polar surface area (TPSA) is 39.7 Å². The number of methoxy groups -OCH3 is 1. The molecule has 0 fully saturated rings. The first-order valence-corrected chi connectivity index (χ1v) is 7.02. The molecule has 0 radical (unpaired) electrons. The predicted octanol–water partition coefficient (Wildman–Crippen LogP) is 4.00. The van der Waals surface area contributed by atoms with Crippen molar-refractivity contribution in [3.63, 3.8) is 0 Å². The number of halogens is 1. The number of aryl methyl sites for hydroxylation is 1. The van der Waals surface area contributed by atoms with Crippen LogP contribution in [0.4, 0.5) is 5.69 Å². The van der Waals surface area contributed by atoms with E-state index < -0.39 is 0 Å². The summed E-state index contributed by atoms with van der Waals surface area (Å²) < 4.78 is 16.2. The van der Waals surface area contributed by atoms with Crippen molar-refractivity contribution >= 4 is 17.3 Å². The van der Waals surface area contributed by atoms with Gasteiger partial charge in [-0.15, -0.1) is 0 Å². The largest absolute Gasteiger partial charge is 0.495 e. The van der Waals surface area contributed by atoms with Crippen LogP contribution in [0.5, 0.6) is 17.2 Å². The SMILES string of the molecule is COc1cc(Cl)c(C)cc1NCc1cccc2c1OCO2. The van der Waals surface area contributed by atoms with E-state index in [2.05, 4.69) is 5.32 Å². The van der Waals surface area contributed by atoms with Crippen molar-refractivity contribution in [2.45, 2.75) is 13.5 Å². The Morgan fingerprint density at radius 3 is 2.95 bits per heavy atom. The van der Waals surface area contributed by atoms with Crippen LogP contribution in [-0.4, -0.2) is 13.9 Å². The monoisotopic (exact) mass is 305 g/mol. The van der Waals surface area contributed by atoms with Crippen molar-refractivity contribution in [2.24, 2.45) is 0 Å². The normalized spacial score (nSPS) is 12.3. The molecule has 2 aromatic rings. The Hall–Kier alpha value is -2.07. The molecule has 110 valence electrons. The Balaban J connectivity index is 1.82. The van der Waals surface area contributed by atoms with Gasteiger partial charge in [0.05, 0.1) is 12.8 Å². The third-order valence-electron chi connectivity index (χ3n) is 3.43. The molecule has 2 aromatic carbocycles. The second-order valence-corrected chi connectivity index (χ2v) is 5.21. The van der Waals surface area contributed by atoms with Gasteiger partial charge in [-0.05, 0) is 24.6 Å². The highest BCUT2D eigenvalue weighted by Crippen LogP contribution is 2.36. The highest BCUT2D eigenvalue weighted by atomic mass is 35.5. The Morgan fingerprint density at radius 1 is 1.29 bits per heavy atom. The van der Waals surface area contributed by atoms with Crippen LogP contribution in [0.25, 0.3) is 0 Å². The van der Waals surface area contributed by atoms with Crippen LogP contribution in [0.3, 0.4) is 0 Å². The minimum absolute atomic E-state index is 0.274. The number of fused-ring (bicyclic) bond motifs is 1. The fourth-order valence-corrected chi connectivity index (χ4v) is 2.44. The maximum atomic E-state index is 6.11. The number of para-hydroxylation sites is 1. The minimum atomic E-state index is 0.274. The molecule has 0 bridgehead atoms. The van der Waals surface area contributed by atoms with E-state index in [1.54, 1.807) is 7.11 Å². The van der Waals surface area contributed by atoms with Crippen LogP contribution >= 0.6 is 11.6 Å². The first kappa shape index (κ1) is 13.9. The second kappa shape index (κ2) is 5.74. The lowest BCUT2D eigenvalue weighted by atomic mass is 10.1. The summed E-state index contributed by atoms with van der Waals surface area (Å²) >= 11 is 6.11. The van der Waals surface area contributed by atoms with Gasteiger partial charge in [-0.25, -0.2) is 0 Å². The Morgan fingerprint density at radius 2 is 2.14 bits per heavy atom. The minimum Gasteiger partial charge on any atom is -0.495 e. The van der Waals surface area contributed by atoms with Gasteiger partial charge >= 0.3 is 0 Å². The molecule has 0 aromatic heterocycles. The molecule has 0 saturated carbocycles. The van der Waals surface area contributed by atoms with Gasteiger partial charge in [0.2, 0.25) is 6.79 Å². The molecule has 5 heteroatoms. The molecule has 0 spiro atoms. The zero-order valence-electron chi connectivity index (χ0n) is 11.9. The quantitative estimate of drug-likeness (QED) is 0.927. The van der Waals surface area contributed by atoms with Gasteiger partial charge in [0.1, 0.15) is 5.75 Å². The summed E-state index contributed by atoms with van der Waals surface area (Å²) in [6, 6.07) is 9.65. The van der Waals surface area contributed by atoms with Gasteiger partial charge in [0, 0.05) is 23.2 Å². The molecule has 0 unspecified atom stereocenters.